The molecule has 6 nitrogen and oxygen atoms in total. The van der Waals surface area contributed by atoms with Crippen LogP contribution in [0, 0.1) is 0 Å². The SMILES string of the molecule is CS(=O)(=O)CCC(=O)Nc1ccnc(OCC(F)(F)F)c1. The van der Waals surface area contributed by atoms with Gasteiger partial charge >= 0.3 is 6.18 Å². The third-order valence-corrected chi connectivity index (χ3v) is 3.05. The van der Waals surface area contributed by atoms with E-state index in [0.717, 1.165) is 18.5 Å². The smallest absolute Gasteiger partial charge is 0.422 e. The van der Waals surface area contributed by atoms with Crippen molar-refractivity contribution in [3.63, 3.8) is 0 Å². The number of alkyl halides is 3. The molecule has 0 aliphatic rings. The van der Waals surface area contributed by atoms with Crippen molar-refractivity contribution in [2.24, 2.45) is 0 Å². The van der Waals surface area contributed by atoms with Gasteiger partial charge in [0.25, 0.3) is 0 Å². The van der Waals surface area contributed by atoms with Crippen molar-refractivity contribution in [2.75, 3.05) is 23.9 Å². The Kier molecular flexibility index (Phi) is 5.53. The fourth-order valence-corrected chi connectivity index (χ4v) is 1.78. The molecule has 0 aromatic carbocycles. The second-order valence-electron chi connectivity index (χ2n) is 4.21. The minimum Gasteiger partial charge on any atom is -0.468 e. The average molecular weight is 326 g/mol. The Balaban J connectivity index is 2.58. The standard InChI is InChI=1S/C11H13F3N2O4S/c1-21(18,19)5-3-9(17)16-8-2-4-15-10(6-8)20-7-11(12,13)14/h2,4,6H,3,5,7H2,1H3,(H,15,16,17). The van der Waals surface area contributed by atoms with Crippen LogP contribution in [0.1, 0.15) is 6.42 Å². The van der Waals surface area contributed by atoms with E-state index < -0.39 is 28.5 Å². The summed E-state index contributed by atoms with van der Waals surface area (Å²) in [6, 6.07) is 2.46. The molecule has 0 saturated heterocycles. The van der Waals surface area contributed by atoms with Gasteiger partial charge in [0.1, 0.15) is 9.84 Å². The maximum atomic E-state index is 12.0. The van der Waals surface area contributed by atoms with Gasteiger partial charge in [-0.15, -0.1) is 0 Å². The van der Waals surface area contributed by atoms with Gasteiger partial charge in [-0.25, -0.2) is 13.4 Å². The molecule has 0 saturated carbocycles. The Morgan fingerprint density at radius 2 is 2.10 bits per heavy atom. The summed E-state index contributed by atoms with van der Waals surface area (Å²) in [5.41, 5.74) is 0.167. The second kappa shape index (κ2) is 6.74. The van der Waals surface area contributed by atoms with Crippen molar-refractivity contribution in [2.45, 2.75) is 12.6 Å². The summed E-state index contributed by atoms with van der Waals surface area (Å²) in [4.78, 5) is 15.0. The Morgan fingerprint density at radius 1 is 1.43 bits per heavy atom. The zero-order chi connectivity index (χ0) is 16.1. The number of anilines is 1. The summed E-state index contributed by atoms with van der Waals surface area (Å²) in [7, 11) is -3.27. The quantitative estimate of drug-likeness (QED) is 0.854. The van der Waals surface area contributed by atoms with Crippen molar-refractivity contribution >= 4 is 21.4 Å². The van der Waals surface area contributed by atoms with Crippen LogP contribution in [0.25, 0.3) is 0 Å². The van der Waals surface area contributed by atoms with Gasteiger partial charge in [-0.3, -0.25) is 4.79 Å². The molecular formula is C11H13F3N2O4S. The van der Waals surface area contributed by atoms with Crippen molar-refractivity contribution in [3.05, 3.63) is 18.3 Å². The number of hydrogen-bond donors (Lipinski definition) is 1. The number of amides is 1. The molecule has 0 atom stereocenters. The van der Waals surface area contributed by atoms with E-state index in [1.807, 2.05) is 0 Å². The van der Waals surface area contributed by atoms with Crippen molar-refractivity contribution < 1.29 is 31.1 Å². The molecule has 10 heteroatoms. The van der Waals surface area contributed by atoms with Gasteiger partial charge in [-0.2, -0.15) is 13.2 Å². The van der Waals surface area contributed by atoms with Gasteiger partial charge < -0.3 is 10.1 Å². The van der Waals surface area contributed by atoms with Crippen molar-refractivity contribution in [3.8, 4) is 5.88 Å². The molecule has 0 radical (unpaired) electrons. The molecule has 1 N–H and O–H groups in total. The average Bonchev–Trinajstić information content (AvgIpc) is 2.33. The number of rotatable bonds is 6. The molecule has 1 aromatic heterocycles. The first kappa shape index (κ1) is 17.2. The van der Waals surface area contributed by atoms with Gasteiger partial charge in [-0.05, 0) is 6.07 Å². The summed E-state index contributed by atoms with van der Waals surface area (Å²) in [6.45, 7) is -1.49. The van der Waals surface area contributed by atoms with Crippen molar-refractivity contribution in [1.29, 1.82) is 0 Å². The van der Waals surface area contributed by atoms with Gasteiger partial charge in [-0.1, -0.05) is 0 Å². The van der Waals surface area contributed by atoms with E-state index in [9.17, 15) is 26.4 Å². The molecule has 0 bridgehead atoms. The molecular weight excluding hydrogens is 313 g/mol. The third-order valence-electron chi connectivity index (χ3n) is 2.10. The van der Waals surface area contributed by atoms with E-state index in [2.05, 4.69) is 15.0 Å². The lowest BCUT2D eigenvalue weighted by molar-refractivity contribution is -0.154. The largest absolute Gasteiger partial charge is 0.468 e. The molecule has 0 fully saturated rings. The highest BCUT2D eigenvalue weighted by molar-refractivity contribution is 7.90. The molecule has 0 aliphatic heterocycles. The Morgan fingerprint density at radius 3 is 2.67 bits per heavy atom. The van der Waals surface area contributed by atoms with E-state index in [0.29, 0.717) is 0 Å². The van der Waals surface area contributed by atoms with Crippen LogP contribution in [0.2, 0.25) is 0 Å². The summed E-state index contributed by atoms with van der Waals surface area (Å²) in [5.74, 6) is -1.19. The fraction of sp³-hybridized carbons (Fsp3) is 0.455. The summed E-state index contributed by atoms with van der Waals surface area (Å²) >= 11 is 0. The number of nitrogens with zero attached hydrogens (tertiary/aromatic N) is 1. The Hall–Kier alpha value is -1.84. The summed E-state index contributed by atoms with van der Waals surface area (Å²) < 4.78 is 62.2. The maximum absolute atomic E-state index is 12.0. The van der Waals surface area contributed by atoms with Gasteiger partial charge in [0.05, 0.1) is 5.75 Å². The second-order valence-corrected chi connectivity index (χ2v) is 6.47. The molecule has 0 unspecified atom stereocenters. The van der Waals surface area contributed by atoms with E-state index in [4.69, 9.17) is 0 Å². The van der Waals surface area contributed by atoms with Crippen molar-refractivity contribution in [1.82, 2.24) is 4.98 Å². The number of hydrogen-bond acceptors (Lipinski definition) is 5. The van der Waals surface area contributed by atoms with Crippen LogP contribution in [0.5, 0.6) is 5.88 Å². The van der Waals surface area contributed by atoms with Crippen LogP contribution in [-0.2, 0) is 14.6 Å². The van der Waals surface area contributed by atoms with Gasteiger partial charge in [0.2, 0.25) is 11.8 Å². The van der Waals surface area contributed by atoms with Gasteiger partial charge in [0.15, 0.2) is 6.61 Å². The number of ether oxygens (including phenoxy) is 1. The first-order chi connectivity index (χ1) is 9.55. The number of aromatic nitrogens is 1. The predicted octanol–water partition coefficient (Wildman–Crippen LogP) is 1.40. The topological polar surface area (TPSA) is 85.4 Å². The molecule has 1 heterocycles. The van der Waals surface area contributed by atoms with E-state index in [1.54, 1.807) is 0 Å². The van der Waals surface area contributed by atoms with Crippen LogP contribution in [0.4, 0.5) is 18.9 Å². The molecule has 1 amide bonds. The monoisotopic (exact) mass is 326 g/mol. The number of halogens is 3. The van der Waals surface area contributed by atoms with Gasteiger partial charge in [0, 0.05) is 30.6 Å². The number of sulfone groups is 1. The predicted molar refractivity (Wildman–Crippen MR) is 68.7 cm³/mol. The molecule has 1 aromatic rings. The molecule has 0 aliphatic carbocycles. The zero-order valence-corrected chi connectivity index (χ0v) is 11.8. The molecule has 1 rings (SSSR count). The minimum atomic E-state index is -4.49. The number of carbonyl (C=O) groups is 1. The highest BCUT2D eigenvalue weighted by Crippen LogP contribution is 2.19. The van der Waals surface area contributed by atoms with E-state index >= 15 is 0 Å². The van der Waals surface area contributed by atoms with Crippen LogP contribution < -0.4 is 10.1 Å². The highest BCUT2D eigenvalue weighted by atomic mass is 32.2. The minimum absolute atomic E-state index is 0.167. The highest BCUT2D eigenvalue weighted by Gasteiger charge is 2.28. The first-order valence-electron chi connectivity index (χ1n) is 5.68. The number of pyridine rings is 1. The number of nitrogens with one attached hydrogen (secondary N) is 1. The lowest BCUT2D eigenvalue weighted by Crippen LogP contribution is -2.20. The van der Waals surface area contributed by atoms with E-state index in [1.165, 1.54) is 6.07 Å². The maximum Gasteiger partial charge on any atom is 0.422 e. The number of carbonyl (C=O) groups excluding carboxylic acids is 1. The first-order valence-corrected chi connectivity index (χ1v) is 7.74. The normalized spacial score (nSPS) is 12.0. The summed E-state index contributed by atoms with van der Waals surface area (Å²) in [5, 5.41) is 2.35. The van der Waals surface area contributed by atoms with Crippen LogP contribution in [-0.4, -0.2) is 44.1 Å². The lowest BCUT2D eigenvalue weighted by atomic mass is 10.3. The Labute approximate surface area is 119 Å². The van der Waals surface area contributed by atoms with Crippen LogP contribution >= 0.6 is 0 Å². The fourth-order valence-electron chi connectivity index (χ4n) is 1.22. The molecule has 118 valence electrons. The van der Waals surface area contributed by atoms with E-state index in [-0.39, 0.29) is 23.7 Å². The molecule has 0 spiro atoms. The van der Waals surface area contributed by atoms with Crippen LogP contribution in [0.3, 0.4) is 0 Å². The lowest BCUT2D eigenvalue weighted by Gasteiger charge is -2.09. The van der Waals surface area contributed by atoms with Crippen LogP contribution in [0.15, 0.2) is 18.3 Å². The Bertz CT molecular complexity index is 602. The summed E-state index contributed by atoms with van der Waals surface area (Å²) in [6.07, 6.45) is -2.58. The zero-order valence-electron chi connectivity index (χ0n) is 11.0. The molecule has 21 heavy (non-hydrogen) atoms. The third kappa shape index (κ3) is 8.12.